The lowest BCUT2D eigenvalue weighted by atomic mass is 10.1. The summed E-state index contributed by atoms with van der Waals surface area (Å²) >= 11 is 0. The fraction of sp³-hybridized carbons (Fsp3) is 0.278. The van der Waals surface area contributed by atoms with E-state index in [0.29, 0.717) is 16.9 Å². The molecule has 5 nitrogen and oxygen atoms in total. The second-order valence-electron chi connectivity index (χ2n) is 6.58. The van der Waals surface area contributed by atoms with Crippen molar-refractivity contribution in [1.29, 1.82) is 0 Å². The molecule has 0 radical (unpaired) electrons. The molecule has 2 aromatic heterocycles. The van der Waals surface area contributed by atoms with Gasteiger partial charge in [0.2, 0.25) is 10.0 Å². The van der Waals surface area contributed by atoms with Gasteiger partial charge in [-0.05, 0) is 38.1 Å². The van der Waals surface area contributed by atoms with Crippen molar-refractivity contribution in [1.82, 2.24) is 9.55 Å². The number of halogens is 3. The Bertz CT molecular complexity index is 1090. The molecule has 0 atom stereocenters. The lowest BCUT2D eigenvalue weighted by Crippen LogP contribution is -2.09. The normalized spacial score (nSPS) is 12.7. The average molecular weight is 397 g/mol. The van der Waals surface area contributed by atoms with E-state index in [9.17, 15) is 21.6 Å². The number of benzene rings is 1. The van der Waals surface area contributed by atoms with Crippen molar-refractivity contribution in [2.75, 3.05) is 11.0 Å². The first kappa shape index (κ1) is 19.2. The zero-order valence-corrected chi connectivity index (χ0v) is 15.7. The summed E-state index contributed by atoms with van der Waals surface area (Å²) in [7, 11) is -3.42. The third-order valence-corrected chi connectivity index (χ3v) is 4.67. The predicted octanol–water partition coefficient (Wildman–Crippen LogP) is 4.67. The fourth-order valence-electron chi connectivity index (χ4n) is 2.88. The molecule has 0 unspecified atom stereocenters. The lowest BCUT2D eigenvalue weighted by Gasteiger charge is -2.10. The molecule has 3 rings (SSSR count). The van der Waals surface area contributed by atoms with Crippen LogP contribution in [-0.2, 0) is 16.2 Å². The molecule has 0 bridgehead atoms. The zero-order chi connectivity index (χ0) is 20.0. The van der Waals surface area contributed by atoms with Crippen molar-refractivity contribution in [3.63, 3.8) is 0 Å². The molecule has 144 valence electrons. The van der Waals surface area contributed by atoms with Gasteiger partial charge in [-0.3, -0.25) is 9.71 Å². The average Bonchev–Trinajstić information content (AvgIpc) is 2.91. The Labute approximate surface area is 154 Å². The van der Waals surface area contributed by atoms with Crippen LogP contribution in [0.2, 0.25) is 0 Å². The Balaban J connectivity index is 2.14. The van der Waals surface area contributed by atoms with E-state index in [1.807, 2.05) is 24.6 Å². The molecule has 3 aromatic rings. The number of sulfonamides is 1. The SMILES string of the molecule is CC(C)n1cc(-c2ccc(C(F)(F)F)cn2)c2ccc(NS(C)(=O)=O)cc21. The number of alkyl halides is 3. The molecule has 9 heteroatoms. The van der Waals surface area contributed by atoms with E-state index in [4.69, 9.17) is 0 Å². The van der Waals surface area contributed by atoms with Crippen molar-refractivity contribution >= 4 is 26.6 Å². The Morgan fingerprint density at radius 2 is 1.85 bits per heavy atom. The molecule has 0 amide bonds. The Kier molecular flexibility index (Phi) is 4.67. The summed E-state index contributed by atoms with van der Waals surface area (Å²) in [5.41, 5.74) is 1.46. The van der Waals surface area contributed by atoms with Gasteiger partial charge in [0.15, 0.2) is 0 Å². The number of fused-ring (bicyclic) bond motifs is 1. The van der Waals surface area contributed by atoms with Crippen LogP contribution in [0.5, 0.6) is 0 Å². The maximum Gasteiger partial charge on any atom is 0.417 e. The Hall–Kier alpha value is -2.55. The molecule has 0 aliphatic rings. The summed E-state index contributed by atoms with van der Waals surface area (Å²) in [6, 6.07) is 7.44. The van der Waals surface area contributed by atoms with E-state index < -0.39 is 21.8 Å². The highest BCUT2D eigenvalue weighted by Crippen LogP contribution is 2.35. The molecule has 0 saturated heterocycles. The van der Waals surface area contributed by atoms with E-state index in [0.717, 1.165) is 29.4 Å². The van der Waals surface area contributed by atoms with Crippen molar-refractivity contribution in [2.45, 2.75) is 26.1 Å². The maximum atomic E-state index is 12.8. The van der Waals surface area contributed by atoms with Crippen LogP contribution in [0.15, 0.2) is 42.7 Å². The highest BCUT2D eigenvalue weighted by Gasteiger charge is 2.30. The summed E-state index contributed by atoms with van der Waals surface area (Å²) in [6.45, 7) is 3.92. The van der Waals surface area contributed by atoms with E-state index in [1.165, 1.54) is 6.07 Å². The smallest absolute Gasteiger partial charge is 0.344 e. The van der Waals surface area contributed by atoms with E-state index >= 15 is 0 Å². The molecule has 2 heterocycles. The van der Waals surface area contributed by atoms with Crippen LogP contribution >= 0.6 is 0 Å². The molecule has 0 saturated carbocycles. The largest absolute Gasteiger partial charge is 0.417 e. The standard InChI is InChI=1S/C18H18F3N3O2S/c1-11(2)24-10-15(16-7-4-12(9-22-16)18(19,20)21)14-6-5-13(8-17(14)24)23-27(3,25)26/h4-11,23H,1-3H3. The van der Waals surface area contributed by atoms with Crippen LogP contribution < -0.4 is 4.72 Å². The Morgan fingerprint density at radius 1 is 1.15 bits per heavy atom. The van der Waals surface area contributed by atoms with Gasteiger partial charge in [0, 0.05) is 29.4 Å². The zero-order valence-electron chi connectivity index (χ0n) is 14.9. The second-order valence-corrected chi connectivity index (χ2v) is 8.33. The fourth-order valence-corrected chi connectivity index (χ4v) is 3.44. The van der Waals surface area contributed by atoms with Gasteiger partial charge in [0.05, 0.1) is 28.7 Å². The molecule has 1 aromatic carbocycles. The summed E-state index contributed by atoms with van der Waals surface area (Å²) < 4.78 is 65.6. The van der Waals surface area contributed by atoms with Crippen LogP contribution in [0.25, 0.3) is 22.2 Å². The summed E-state index contributed by atoms with van der Waals surface area (Å²) in [4.78, 5) is 3.98. The molecule has 0 fully saturated rings. The molecular formula is C18H18F3N3O2S. The van der Waals surface area contributed by atoms with E-state index in [2.05, 4.69) is 9.71 Å². The number of rotatable bonds is 4. The second kappa shape index (κ2) is 6.56. The summed E-state index contributed by atoms with van der Waals surface area (Å²) in [5.74, 6) is 0. The number of anilines is 1. The summed E-state index contributed by atoms with van der Waals surface area (Å²) in [5, 5.41) is 0.773. The van der Waals surface area contributed by atoms with Crippen LogP contribution in [0.1, 0.15) is 25.5 Å². The Morgan fingerprint density at radius 3 is 2.37 bits per heavy atom. The third kappa shape index (κ3) is 4.08. The molecule has 0 aliphatic carbocycles. The van der Waals surface area contributed by atoms with Crippen molar-refractivity contribution in [2.24, 2.45) is 0 Å². The first-order valence-electron chi connectivity index (χ1n) is 8.12. The number of aromatic nitrogens is 2. The number of hydrogen-bond donors (Lipinski definition) is 1. The quantitative estimate of drug-likeness (QED) is 0.696. The number of nitrogens with zero attached hydrogens (tertiary/aromatic N) is 2. The van der Waals surface area contributed by atoms with Gasteiger partial charge in [-0.25, -0.2) is 8.42 Å². The monoisotopic (exact) mass is 397 g/mol. The minimum absolute atomic E-state index is 0.0594. The number of nitrogens with one attached hydrogen (secondary N) is 1. The molecule has 27 heavy (non-hydrogen) atoms. The predicted molar refractivity (Wildman–Crippen MR) is 99.0 cm³/mol. The van der Waals surface area contributed by atoms with Crippen molar-refractivity contribution in [3.05, 3.63) is 48.3 Å². The van der Waals surface area contributed by atoms with Gasteiger partial charge < -0.3 is 4.57 Å². The van der Waals surface area contributed by atoms with Crippen LogP contribution in [0, 0.1) is 0 Å². The molecular weight excluding hydrogens is 379 g/mol. The highest BCUT2D eigenvalue weighted by molar-refractivity contribution is 7.92. The third-order valence-electron chi connectivity index (χ3n) is 4.06. The summed E-state index contributed by atoms with van der Waals surface area (Å²) in [6.07, 6.45) is -0.747. The highest BCUT2D eigenvalue weighted by atomic mass is 32.2. The number of hydrogen-bond acceptors (Lipinski definition) is 3. The van der Waals surface area contributed by atoms with Crippen LogP contribution in [0.3, 0.4) is 0 Å². The van der Waals surface area contributed by atoms with E-state index in [1.54, 1.807) is 18.2 Å². The van der Waals surface area contributed by atoms with Crippen LogP contribution in [-0.4, -0.2) is 24.2 Å². The van der Waals surface area contributed by atoms with E-state index in [-0.39, 0.29) is 6.04 Å². The molecule has 1 N–H and O–H groups in total. The molecule has 0 aliphatic heterocycles. The van der Waals surface area contributed by atoms with Crippen molar-refractivity contribution in [3.8, 4) is 11.3 Å². The van der Waals surface area contributed by atoms with Gasteiger partial charge in [0.25, 0.3) is 0 Å². The molecule has 0 spiro atoms. The van der Waals surface area contributed by atoms with Gasteiger partial charge >= 0.3 is 6.18 Å². The van der Waals surface area contributed by atoms with Gasteiger partial charge in [-0.15, -0.1) is 0 Å². The lowest BCUT2D eigenvalue weighted by molar-refractivity contribution is -0.137. The van der Waals surface area contributed by atoms with Gasteiger partial charge in [0.1, 0.15) is 0 Å². The topological polar surface area (TPSA) is 64.0 Å². The first-order valence-corrected chi connectivity index (χ1v) is 10.0. The first-order chi connectivity index (χ1) is 12.5. The number of pyridine rings is 1. The minimum atomic E-state index is -4.44. The van der Waals surface area contributed by atoms with Gasteiger partial charge in [-0.2, -0.15) is 13.2 Å². The van der Waals surface area contributed by atoms with Gasteiger partial charge in [-0.1, -0.05) is 6.07 Å². The van der Waals surface area contributed by atoms with Crippen LogP contribution in [0.4, 0.5) is 18.9 Å². The maximum absolute atomic E-state index is 12.8. The minimum Gasteiger partial charge on any atom is -0.344 e. The van der Waals surface area contributed by atoms with Crippen molar-refractivity contribution < 1.29 is 21.6 Å².